The molecule has 1 aliphatic rings. The predicted octanol–water partition coefficient (Wildman–Crippen LogP) is 3.95. The van der Waals surface area contributed by atoms with Gasteiger partial charge in [-0.2, -0.15) is 0 Å². The summed E-state index contributed by atoms with van der Waals surface area (Å²) in [4.78, 5) is 33.7. The van der Waals surface area contributed by atoms with Crippen LogP contribution in [0, 0.1) is 0 Å². The second-order valence-corrected chi connectivity index (χ2v) is 8.36. The van der Waals surface area contributed by atoms with Crippen LogP contribution < -0.4 is 10.4 Å². The molecule has 0 spiro atoms. The van der Waals surface area contributed by atoms with Gasteiger partial charge in [-0.25, -0.2) is 25.0 Å². The second-order valence-electron chi connectivity index (χ2n) is 7.59. The average Bonchev–Trinajstić information content (AvgIpc) is 2.65. The van der Waals surface area contributed by atoms with Gasteiger partial charge in [-0.05, 0) is 46.8 Å². The van der Waals surface area contributed by atoms with E-state index in [0.717, 1.165) is 32.1 Å². The van der Waals surface area contributed by atoms with Crippen LogP contribution in [0.5, 0.6) is 0 Å². The standard InChI is InChI=1S/C19H30N4O4S/c1-6-26-16(24)14-12-20-17(28-5)21-15(14)23(13-10-8-7-9-11-13)22-18(25)27-19(2,3)4/h12-13H,6-11H2,1-5H3,(H,22,25). The Kier molecular flexibility index (Phi) is 7.91. The molecule has 0 aliphatic heterocycles. The van der Waals surface area contributed by atoms with Crippen molar-refractivity contribution < 1.29 is 19.1 Å². The molecule has 156 valence electrons. The molecule has 8 nitrogen and oxygen atoms in total. The molecule has 1 aromatic rings. The Morgan fingerprint density at radius 3 is 2.54 bits per heavy atom. The zero-order chi connectivity index (χ0) is 20.7. The van der Waals surface area contributed by atoms with Gasteiger partial charge in [-0.3, -0.25) is 5.01 Å². The quantitative estimate of drug-likeness (QED) is 0.326. The van der Waals surface area contributed by atoms with Crippen LogP contribution in [0.15, 0.2) is 11.4 Å². The third-order valence-corrected chi connectivity index (χ3v) is 4.76. The molecular weight excluding hydrogens is 380 g/mol. The smallest absolute Gasteiger partial charge is 0.426 e. The Hall–Kier alpha value is -2.03. The van der Waals surface area contributed by atoms with Crippen LogP contribution in [0.3, 0.4) is 0 Å². The number of hydrazine groups is 1. The van der Waals surface area contributed by atoms with Crippen molar-refractivity contribution in [1.29, 1.82) is 0 Å². The lowest BCUT2D eigenvalue weighted by molar-refractivity contribution is 0.0494. The van der Waals surface area contributed by atoms with Crippen LogP contribution in [0.4, 0.5) is 10.6 Å². The van der Waals surface area contributed by atoms with Gasteiger partial charge >= 0.3 is 12.1 Å². The highest BCUT2D eigenvalue weighted by molar-refractivity contribution is 7.98. The summed E-state index contributed by atoms with van der Waals surface area (Å²) in [5.74, 6) is -0.174. The van der Waals surface area contributed by atoms with E-state index < -0.39 is 17.7 Å². The molecule has 1 amide bonds. The number of nitrogens with one attached hydrogen (secondary N) is 1. The number of hydrogen-bond acceptors (Lipinski definition) is 8. The highest BCUT2D eigenvalue weighted by Crippen LogP contribution is 2.28. The van der Waals surface area contributed by atoms with Crippen LogP contribution in [-0.2, 0) is 9.47 Å². The first kappa shape index (κ1) is 22.3. The molecule has 1 aromatic heterocycles. The fourth-order valence-corrected chi connectivity index (χ4v) is 3.38. The number of nitrogens with zero attached hydrogens (tertiary/aromatic N) is 3. The Labute approximate surface area is 170 Å². The summed E-state index contributed by atoms with van der Waals surface area (Å²) >= 11 is 1.36. The van der Waals surface area contributed by atoms with Crippen LogP contribution in [0.2, 0.25) is 0 Å². The average molecular weight is 411 g/mol. The van der Waals surface area contributed by atoms with Crippen LogP contribution in [0.1, 0.15) is 70.2 Å². The molecule has 1 saturated carbocycles. The summed E-state index contributed by atoms with van der Waals surface area (Å²) in [6.45, 7) is 7.40. The van der Waals surface area contributed by atoms with Crippen molar-refractivity contribution in [1.82, 2.24) is 15.4 Å². The fourth-order valence-electron chi connectivity index (χ4n) is 3.05. The molecule has 0 radical (unpaired) electrons. The van der Waals surface area contributed by atoms with E-state index in [0.29, 0.717) is 11.0 Å². The number of aromatic nitrogens is 2. The van der Waals surface area contributed by atoms with Crippen LogP contribution >= 0.6 is 11.8 Å². The third kappa shape index (κ3) is 6.25. The highest BCUT2D eigenvalue weighted by atomic mass is 32.2. The molecule has 0 unspecified atom stereocenters. The number of carbonyl (C=O) groups is 2. The number of ether oxygens (including phenoxy) is 2. The number of carbonyl (C=O) groups excluding carboxylic acids is 2. The third-order valence-electron chi connectivity index (χ3n) is 4.20. The molecule has 0 saturated heterocycles. The SMILES string of the molecule is CCOC(=O)c1cnc(SC)nc1N(NC(=O)OC(C)(C)C)C1CCCCC1. The van der Waals surface area contributed by atoms with E-state index in [1.54, 1.807) is 32.7 Å². The predicted molar refractivity (Wildman–Crippen MR) is 108 cm³/mol. The van der Waals surface area contributed by atoms with E-state index in [4.69, 9.17) is 9.47 Å². The minimum atomic E-state index is -0.637. The lowest BCUT2D eigenvalue weighted by atomic mass is 9.95. The van der Waals surface area contributed by atoms with E-state index in [-0.39, 0.29) is 18.2 Å². The van der Waals surface area contributed by atoms with Gasteiger partial charge in [0.1, 0.15) is 11.2 Å². The molecule has 0 atom stereocenters. The molecule has 1 heterocycles. The first-order valence-corrected chi connectivity index (χ1v) is 10.8. The monoisotopic (exact) mass is 410 g/mol. The number of esters is 1. The van der Waals surface area contributed by atoms with Gasteiger partial charge < -0.3 is 9.47 Å². The van der Waals surface area contributed by atoms with Gasteiger partial charge in [0.25, 0.3) is 0 Å². The summed E-state index contributed by atoms with van der Waals surface area (Å²) in [6.07, 6.45) is 7.75. The molecule has 0 aromatic carbocycles. The molecular formula is C19H30N4O4S. The first-order chi connectivity index (χ1) is 13.2. The number of hydrogen-bond donors (Lipinski definition) is 1. The Bertz CT molecular complexity index is 687. The Balaban J connectivity index is 2.42. The molecule has 1 fully saturated rings. The van der Waals surface area contributed by atoms with Crippen LogP contribution in [-0.4, -0.2) is 46.5 Å². The summed E-state index contributed by atoms with van der Waals surface area (Å²) in [5, 5.41) is 2.18. The van der Waals surface area contributed by atoms with Gasteiger partial charge in [0, 0.05) is 6.20 Å². The van der Waals surface area contributed by atoms with Gasteiger partial charge in [-0.15, -0.1) is 0 Å². The molecule has 1 N–H and O–H groups in total. The molecule has 28 heavy (non-hydrogen) atoms. The molecule has 0 bridgehead atoms. The molecule has 9 heteroatoms. The lowest BCUT2D eigenvalue weighted by Crippen LogP contribution is -2.52. The van der Waals surface area contributed by atoms with Crippen molar-refractivity contribution in [3.63, 3.8) is 0 Å². The molecule has 2 rings (SSSR count). The van der Waals surface area contributed by atoms with Gasteiger partial charge in [0.2, 0.25) is 0 Å². The van der Waals surface area contributed by atoms with Gasteiger partial charge in [0.15, 0.2) is 11.0 Å². The zero-order valence-corrected chi connectivity index (χ0v) is 18.1. The summed E-state index contributed by atoms with van der Waals surface area (Å²) < 4.78 is 10.6. The highest BCUT2D eigenvalue weighted by Gasteiger charge is 2.30. The minimum absolute atomic E-state index is 0.0130. The van der Waals surface area contributed by atoms with E-state index in [9.17, 15) is 9.59 Å². The second kappa shape index (κ2) is 9.95. The summed E-state index contributed by atoms with van der Waals surface area (Å²) in [7, 11) is 0. The molecule has 1 aliphatic carbocycles. The van der Waals surface area contributed by atoms with Gasteiger partial charge in [0.05, 0.1) is 12.6 Å². The lowest BCUT2D eigenvalue weighted by Gasteiger charge is -2.36. The zero-order valence-electron chi connectivity index (χ0n) is 17.3. The number of amides is 1. The minimum Gasteiger partial charge on any atom is -0.462 e. The van der Waals surface area contributed by atoms with Crippen LogP contribution in [0.25, 0.3) is 0 Å². The number of rotatable bonds is 6. The van der Waals surface area contributed by atoms with Crippen molar-refractivity contribution >= 4 is 29.6 Å². The van der Waals surface area contributed by atoms with Crippen molar-refractivity contribution in [2.24, 2.45) is 0 Å². The Morgan fingerprint density at radius 2 is 1.96 bits per heavy atom. The van der Waals surface area contributed by atoms with E-state index >= 15 is 0 Å². The maximum Gasteiger partial charge on any atom is 0.426 e. The summed E-state index contributed by atoms with van der Waals surface area (Å²) in [6, 6.07) is 0.0130. The van der Waals surface area contributed by atoms with Crippen molar-refractivity contribution in [2.75, 3.05) is 17.9 Å². The number of anilines is 1. The van der Waals surface area contributed by atoms with Crippen molar-refractivity contribution in [3.05, 3.63) is 11.8 Å². The first-order valence-electron chi connectivity index (χ1n) is 9.62. The van der Waals surface area contributed by atoms with E-state index in [2.05, 4.69) is 15.4 Å². The largest absolute Gasteiger partial charge is 0.462 e. The summed E-state index contributed by atoms with van der Waals surface area (Å²) in [5.41, 5.74) is 2.40. The van der Waals surface area contributed by atoms with E-state index in [1.165, 1.54) is 18.0 Å². The Morgan fingerprint density at radius 1 is 1.29 bits per heavy atom. The van der Waals surface area contributed by atoms with Gasteiger partial charge in [-0.1, -0.05) is 31.0 Å². The van der Waals surface area contributed by atoms with Crippen molar-refractivity contribution in [3.8, 4) is 0 Å². The van der Waals surface area contributed by atoms with Crippen molar-refractivity contribution in [2.45, 2.75) is 76.6 Å². The van der Waals surface area contributed by atoms with E-state index in [1.807, 2.05) is 6.26 Å². The normalized spacial score (nSPS) is 15.0. The maximum atomic E-state index is 12.5. The fraction of sp³-hybridized carbons (Fsp3) is 0.684. The maximum absolute atomic E-state index is 12.5. The topological polar surface area (TPSA) is 93.6 Å². The number of thioether (sulfide) groups is 1.